The lowest BCUT2D eigenvalue weighted by atomic mass is 10.0. The highest BCUT2D eigenvalue weighted by atomic mass is 32.2. The van der Waals surface area contributed by atoms with E-state index >= 15 is 0 Å². The fourth-order valence-corrected chi connectivity index (χ4v) is 4.08. The van der Waals surface area contributed by atoms with Crippen molar-refractivity contribution in [2.24, 2.45) is 11.7 Å². The molecule has 0 saturated carbocycles. The van der Waals surface area contributed by atoms with E-state index in [1.165, 1.54) is 0 Å². The molecule has 0 aliphatic carbocycles. The maximum absolute atomic E-state index is 12.8. The molecule has 0 fully saturated rings. The van der Waals surface area contributed by atoms with E-state index in [1.807, 2.05) is 56.3 Å². The molecular weight excluding hydrogens is 416 g/mol. The first-order chi connectivity index (χ1) is 14.5. The Labute approximate surface area is 186 Å². The Balaban J connectivity index is 2.00. The molecule has 2 atom stereocenters. The van der Waals surface area contributed by atoms with Crippen molar-refractivity contribution in [1.82, 2.24) is 5.32 Å². The molecule has 0 bridgehead atoms. The number of nitrogens with one attached hydrogen (secondary N) is 1. The van der Waals surface area contributed by atoms with Crippen LogP contribution in [0.3, 0.4) is 0 Å². The molecule has 31 heavy (non-hydrogen) atoms. The third kappa shape index (κ3) is 7.25. The van der Waals surface area contributed by atoms with Crippen molar-refractivity contribution >= 4 is 39.7 Å². The minimum absolute atomic E-state index is 0.0712. The van der Waals surface area contributed by atoms with Crippen LogP contribution >= 0.6 is 11.8 Å². The van der Waals surface area contributed by atoms with Gasteiger partial charge in [-0.15, -0.1) is 0 Å². The molecule has 0 aliphatic heterocycles. The van der Waals surface area contributed by atoms with E-state index in [2.05, 4.69) is 5.32 Å². The molecule has 0 aromatic heterocycles. The van der Waals surface area contributed by atoms with Crippen molar-refractivity contribution in [1.29, 1.82) is 0 Å². The molecule has 7 nitrogen and oxygen atoms in total. The predicted molar refractivity (Wildman–Crippen MR) is 123 cm³/mol. The fourth-order valence-electron chi connectivity index (χ4n) is 3.04. The van der Waals surface area contributed by atoms with Gasteiger partial charge in [-0.25, -0.2) is 4.79 Å². The Hall–Kier alpha value is -2.58. The summed E-state index contributed by atoms with van der Waals surface area (Å²) in [6.07, 6.45) is -0.303. The number of hydrogen-bond donors (Lipinski definition) is 3. The van der Waals surface area contributed by atoms with E-state index < -0.39 is 28.9 Å². The molecule has 4 N–H and O–H groups in total. The Morgan fingerprint density at radius 1 is 1.13 bits per heavy atom. The van der Waals surface area contributed by atoms with Crippen molar-refractivity contribution in [2.75, 3.05) is 0 Å². The number of thioether (sulfide) groups is 1. The molecule has 0 unspecified atom stereocenters. The quantitative estimate of drug-likeness (QED) is 0.534. The Bertz CT molecular complexity index is 944. The van der Waals surface area contributed by atoms with Crippen LogP contribution in [0.25, 0.3) is 10.8 Å². The molecule has 0 heterocycles. The van der Waals surface area contributed by atoms with E-state index in [0.29, 0.717) is 6.42 Å². The summed E-state index contributed by atoms with van der Waals surface area (Å²) >= 11 is 0.831. The van der Waals surface area contributed by atoms with Crippen LogP contribution in [0.4, 0.5) is 4.79 Å². The van der Waals surface area contributed by atoms with Crippen LogP contribution < -0.4 is 11.1 Å². The van der Waals surface area contributed by atoms with E-state index in [9.17, 15) is 14.4 Å². The number of amides is 1. The second kappa shape index (κ2) is 10.6. The molecule has 2 aromatic rings. The zero-order valence-corrected chi connectivity index (χ0v) is 19.1. The Morgan fingerprint density at radius 3 is 2.39 bits per heavy atom. The summed E-state index contributed by atoms with van der Waals surface area (Å²) < 4.78 is 4.29. The molecule has 0 aliphatic rings. The second-order valence-electron chi connectivity index (χ2n) is 8.42. The van der Waals surface area contributed by atoms with Gasteiger partial charge < -0.3 is 20.9 Å². The highest BCUT2D eigenvalue weighted by Gasteiger charge is 2.37. The first-order valence-corrected chi connectivity index (χ1v) is 10.9. The van der Waals surface area contributed by atoms with Gasteiger partial charge in [0.05, 0.1) is 0 Å². The number of alkyl carbamates (subject to hydrolysis) is 1. The Morgan fingerprint density at radius 2 is 1.77 bits per heavy atom. The lowest BCUT2D eigenvalue weighted by Crippen LogP contribution is -2.49. The number of fused-ring (bicyclic) bond motifs is 1. The van der Waals surface area contributed by atoms with Gasteiger partial charge in [-0.05, 0) is 48.6 Å². The molecule has 0 saturated heterocycles. The number of hydrogen-bond acceptors (Lipinski definition) is 6. The van der Waals surface area contributed by atoms with Crippen LogP contribution in [0.1, 0.15) is 39.7 Å². The highest BCUT2D eigenvalue weighted by molar-refractivity contribution is 8.15. The number of carboxylic acid groups (broad SMARTS) is 1. The van der Waals surface area contributed by atoms with Crippen LogP contribution in [0.5, 0.6) is 0 Å². The monoisotopic (exact) mass is 446 g/mol. The van der Waals surface area contributed by atoms with E-state index in [4.69, 9.17) is 15.6 Å². The van der Waals surface area contributed by atoms with Gasteiger partial charge >= 0.3 is 12.1 Å². The molecule has 168 valence electrons. The zero-order chi connectivity index (χ0) is 23.2. The Kier molecular flexibility index (Phi) is 8.47. The van der Waals surface area contributed by atoms with Gasteiger partial charge in [0.2, 0.25) is 5.12 Å². The van der Waals surface area contributed by atoms with Crippen LogP contribution in [0, 0.1) is 5.92 Å². The SMILES string of the molecule is CC(C)C[C@H](NC(=O)OCc1ccc2ccccc2c1)C(=O)SC(C)(C)[C@@H](N)C(=O)O. The standard InChI is InChI=1S/C23H30N2O5S/c1-14(2)11-18(21(28)31-23(3,4)19(24)20(26)27)25-22(29)30-13-15-9-10-16-7-5-6-8-17(16)12-15/h5-10,12,14,18-19H,11,13,24H2,1-4H3,(H,25,29)(H,26,27)/t18-,19-/m0/s1. The molecule has 0 radical (unpaired) electrons. The van der Waals surface area contributed by atoms with Gasteiger partial charge in [0.15, 0.2) is 0 Å². The highest BCUT2D eigenvalue weighted by Crippen LogP contribution is 2.30. The summed E-state index contributed by atoms with van der Waals surface area (Å²) in [5.41, 5.74) is 6.55. The summed E-state index contributed by atoms with van der Waals surface area (Å²) in [5.74, 6) is -1.06. The summed E-state index contributed by atoms with van der Waals surface area (Å²) in [6, 6.07) is 11.7. The number of ether oxygens (including phenoxy) is 1. The van der Waals surface area contributed by atoms with Crippen LogP contribution in [0.2, 0.25) is 0 Å². The van der Waals surface area contributed by atoms with E-state index in [0.717, 1.165) is 28.1 Å². The van der Waals surface area contributed by atoms with Gasteiger partial charge in [-0.1, -0.05) is 62.0 Å². The maximum atomic E-state index is 12.8. The summed E-state index contributed by atoms with van der Waals surface area (Å²) in [4.78, 5) is 36.4. The third-order valence-corrected chi connectivity index (χ3v) is 6.11. The first kappa shape index (κ1) is 24.7. The minimum Gasteiger partial charge on any atom is -0.480 e. The topological polar surface area (TPSA) is 119 Å². The van der Waals surface area contributed by atoms with Gasteiger partial charge in [-0.2, -0.15) is 0 Å². The number of benzene rings is 2. The maximum Gasteiger partial charge on any atom is 0.408 e. The van der Waals surface area contributed by atoms with Crippen molar-refractivity contribution in [3.63, 3.8) is 0 Å². The van der Waals surface area contributed by atoms with E-state index in [1.54, 1.807) is 13.8 Å². The van der Waals surface area contributed by atoms with Crippen molar-refractivity contribution in [3.05, 3.63) is 48.0 Å². The lowest BCUT2D eigenvalue weighted by molar-refractivity contribution is -0.139. The summed E-state index contributed by atoms with van der Waals surface area (Å²) in [7, 11) is 0. The smallest absolute Gasteiger partial charge is 0.408 e. The number of carbonyl (C=O) groups is 3. The van der Waals surface area contributed by atoms with Crippen molar-refractivity contribution < 1.29 is 24.2 Å². The first-order valence-electron chi connectivity index (χ1n) is 10.1. The van der Waals surface area contributed by atoms with Gasteiger partial charge in [0.25, 0.3) is 0 Å². The normalized spacial score (nSPS) is 13.6. The molecule has 2 rings (SSSR count). The number of nitrogens with two attached hydrogens (primary N) is 1. The molecule has 1 amide bonds. The third-order valence-electron chi connectivity index (χ3n) is 4.85. The number of rotatable bonds is 9. The van der Waals surface area contributed by atoms with Gasteiger partial charge in [-0.3, -0.25) is 9.59 Å². The number of carboxylic acids is 1. The lowest BCUT2D eigenvalue weighted by Gasteiger charge is -2.29. The average molecular weight is 447 g/mol. The summed E-state index contributed by atoms with van der Waals surface area (Å²) in [6.45, 7) is 7.13. The largest absolute Gasteiger partial charge is 0.480 e. The molecular formula is C23H30N2O5S. The second-order valence-corrected chi connectivity index (χ2v) is 10.1. The fraction of sp³-hybridized carbons (Fsp3) is 0.435. The minimum atomic E-state index is -1.22. The molecule has 2 aromatic carbocycles. The van der Waals surface area contributed by atoms with Crippen molar-refractivity contribution in [2.45, 2.75) is 57.6 Å². The molecule has 8 heteroatoms. The van der Waals surface area contributed by atoms with Crippen molar-refractivity contribution in [3.8, 4) is 0 Å². The van der Waals surface area contributed by atoms with Gasteiger partial charge in [0.1, 0.15) is 18.7 Å². The average Bonchev–Trinajstić information content (AvgIpc) is 2.70. The van der Waals surface area contributed by atoms with E-state index in [-0.39, 0.29) is 17.6 Å². The predicted octanol–water partition coefficient (Wildman–Crippen LogP) is 3.93. The van der Waals surface area contributed by atoms with Gasteiger partial charge in [0, 0.05) is 4.75 Å². The number of carbonyl (C=O) groups excluding carboxylic acids is 2. The van der Waals surface area contributed by atoms with Crippen LogP contribution in [-0.2, 0) is 20.9 Å². The summed E-state index contributed by atoms with van der Waals surface area (Å²) in [5, 5.41) is 13.6. The molecule has 0 spiro atoms. The van der Waals surface area contributed by atoms with Crippen LogP contribution in [0.15, 0.2) is 42.5 Å². The van der Waals surface area contributed by atoms with Crippen LogP contribution in [-0.4, -0.2) is 39.1 Å². The zero-order valence-electron chi connectivity index (χ0n) is 18.3. The number of aliphatic carboxylic acids is 1.